The summed E-state index contributed by atoms with van der Waals surface area (Å²) in [6.07, 6.45) is 5.13. The number of carbonyl (C=O) groups is 1. The summed E-state index contributed by atoms with van der Waals surface area (Å²) in [7, 11) is -2.17. The molecule has 3 nitrogen and oxygen atoms in total. The fraction of sp³-hybridized carbons (Fsp3) is 0.111. The normalized spacial score (nSPS) is 17.7. The number of ketones is 1. The zero-order valence-electron chi connectivity index (χ0n) is 13.4. The fourth-order valence-electron chi connectivity index (χ4n) is 3.40. The molecule has 25 heavy (non-hydrogen) atoms. The Kier molecular flexibility index (Phi) is 4.36. The van der Waals surface area contributed by atoms with Crippen molar-refractivity contribution in [1.82, 2.24) is 0 Å². The Bertz CT molecular complexity index is 1020. The first kappa shape index (κ1) is 17.7. The predicted molar refractivity (Wildman–Crippen MR) is 117 cm³/mol. The molecular formula is C18H13BrINO2SeSi. The van der Waals surface area contributed by atoms with Crippen LogP contribution in [-0.2, 0) is 4.79 Å². The Balaban J connectivity index is 2.06. The number of phenolic OH excluding ortho intramolecular Hbond substituents is 1. The van der Waals surface area contributed by atoms with Crippen molar-refractivity contribution >= 4 is 83.5 Å². The van der Waals surface area contributed by atoms with Crippen LogP contribution in [0.25, 0.3) is 10.0 Å². The third kappa shape index (κ3) is 2.80. The summed E-state index contributed by atoms with van der Waals surface area (Å²) in [6.45, 7) is 4.47. The molecule has 126 valence electrons. The minimum absolute atomic E-state index is 0.0166. The number of benzene rings is 1. The average Bonchev–Trinajstić information content (AvgIpc) is 2.88. The van der Waals surface area contributed by atoms with Gasteiger partial charge in [0.2, 0.25) is 0 Å². The molecule has 2 aromatic rings. The summed E-state index contributed by atoms with van der Waals surface area (Å²) in [6, 6.07) is 5.78. The van der Waals surface area contributed by atoms with E-state index >= 15 is 0 Å². The van der Waals surface area contributed by atoms with Gasteiger partial charge in [0.25, 0.3) is 0 Å². The summed E-state index contributed by atoms with van der Waals surface area (Å²) in [5, 5.41) is 12.9. The molecule has 1 aromatic heterocycles. The maximum absolute atomic E-state index is 11.9. The monoisotopic (exact) mass is 589 g/mol. The van der Waals surface area contributed by atoms with Gasteiger partial charge in [0.15, 0.2) is 0 Å². The van der Waals surface area contributed by atoms with E-state index < -0.39 is 8.07 Å². The van der Waals surface area contributed by atoms with Crippen LogP contribution >= 0.6 is 38.5 Å². The van der Waals surface area contributed by atoms with Crippen LogP contribution in [0.5, 0.6) is 5.75 Å². The van der Waals surface area contributed by atoms with Gasteiger partial charge in [-0.3, -0.25) is 0 Å². The van der Waals surface area contributed by atoms with E-state index in [1.807, 2.05) is 12.1 Å². The third-order valence-corrected chi connectivity index (χ3v) is 13.7. The van der Waals surface area contributed by atoms with Crippen molar-refractivity contribution in [2.45, 2.75) is 13.1 Å². The van der Waals surface area contributed by atoms with E-state index in [4.69, 9.17) is 4.99 Å². The number of allylic oxidation sites excluding steroid dienone is 4. The van der Waals surface area contributed by atoms with Gasteiger partial charge < -0.3 is 0 Å². The topological polar surface area (TPSA) is 49.7 Å². The van der Waals surface area contributed by atoms with Gasteiger partial charge in [-0.25, -0.2) is 0 Å². The summed E-state index contributed by atoms with van der Waals surface area (Å²) in [5.74, 6) is 0.318. The summed E-state index contributed by atoms with van der Waals surface area (Å²) in [4.78, 5) is 16.7. The van der Waals surface area contributed by atoms with Crippen LogP contribution in [0.15, 0.2) is 50.0 Å². The molecule has 2 aliphatic rings. The number of phenols is 1. The Morgan fingerprint density at radius 2 is 2.04 bits per heavy atom. The number of rotatable bonds is 1. The number of halogens is 2. The first-order valence-electron chi connectivity index (χ1n) is 7.64. The van der Waals surface area contributed by atoms with E-state index in [9.17, 15) is 9.90 Å². The molecule has 0 saturated heterocycles. The minimum atomic E-state index is -2.17. The van der Waals surface area contributed by atoms with E-state index in [-0.39, 0.29) is 20.3 Å². The van der Waals surface area contributed by atoms with Crippen molar-refractivity contribution in [3.05, 3.63) is 48.5 Å². The van der Waals surface area contributed by atoms with E-state index in [0.29, 0.717) is 5.75 Å². The summed E-state index contributed by atoms with van der Waals surface area (Å²) >= 11 is 6.09. The van der Waals surface area contributed by atoms with Crippen LogP contribution in [0.1, 0.15) is 0 Å². The predicted octanol–water partition coefficient (Wildman–Crippen LogP) is 4.09. The molecule has 1 aliphatic carbocycles. The molecule has 0 saturated carbocycles. The SMILES string of the molecule is C[Si]1(C)C2=CC(=O)C=CC2=Nc2ccc(O)c(-c3cc(I)c(Br)[se]3)c21. The van der Waals surface area contributed by atoms with E-state index in [1.54, 1.807) is 18.2 Å². The van der Waals surface area contributed by atoms with Crippen molar-refractivity contribution in [2.75, 3.05) is 0 Å². The summed E-state index contributed by atoms with van der Waals surface area (Å²) < 4.78 is 3.54. The zero-order chi connectivity index (χ0) is 17.9. The van der Waals surface area contributed by atoms with Crippen LogP contribution in [0.4, 0.5) is 5.69 Å². The molecule has 1 aromatic carbocycles. The molecule has 1 aliphatic heterocycles. The second kappa shape index (κ2) is 6.16. The van der Waals surface area contributed by atoms with Crippen molar-refractivity contribution in [3.8, 4) is 15.8 Å². The molecule has 1 N–H and O–H groups in total. The molecule has 0 atom stereocenters. The molecule has 0 amide bonds. The van der Waals surface area contributed by atoms with Gasteiger partial charge in [0.05, 0.1) is 0 Å². The van der Waals surface area contributed by atoms with Crippen LogP contribution in [0, 0.1) is 3.57 Å². The van der Waals surface area contributed by atoms with Gasteiger partial charge in [-0.15, -0.1) is 0 Å². The Morgan fingerprint density at radius 3 is 2.72 bits per heavy atom. The maximum atomic E-state index is 11.9. The van der Waals surface area contributed by atoms with Gasteiger partial charge in [-0.05, 0) is 0 Å². The first-order valence-corrected chi connectivity index (χ1v) is 14.2. The van der Waals surface area contributed by atoms with Crippen molar-refractivity contribution in [3.63, 3.8) is 0 Å². The number of aromatic hydroxyl groups is 1. The number of hydrogen-bond acceptors (Lipinski definition) is 3. The second-order valence-corrected chi connectivity index (χ2v) is 16.1. The van der Waals surface area contributed by atoms with Crippen LogP contribution < -0.4 is 5.19 Å². The second-order valence-electron chi connectivity index (χ2n) is 6.50. The third-order valence-electron chi connectivity index (χ3n) is 4.56. The van der Waals surface area contributed by atoms with Crippen LogP contribution in [0.3, 0.4) is 0 Å². The number of fused-ring (bicyclic) bond motifs is 2. The van der Waals surface area contributed by atoms with Crippen molar-refractivity contribution in [1.29, 1.82) is 0 Å². The zero-order valence-corrected chi connectivity index (χ0v) is 19.9. The number of hydrogen-bond donors (Lipinski definition) is 1. The van der Waals surface area contributed by atoms with Crippen molar-refractivity contribution in [2.24, 2.45) is 4.99 Å². The number of nitrogens with zero attached hydrogens (tertiary/aromatic N) is 1. The molecule has 0 spiro atoms. The molecule has 2 heterocycles. The fourth-order valence-corrected chi connectivity index (χ4v) is 11.0. The quantitative estimate of drug-likeness (QED) is 0.310. The van der Waals surface area contributed by atoms with Crippen LogP contribution in [0.2, 0.25) is 13.1 Å². The van der Waals surface area contributed by atoms with Gasteiger partial charge in [0.1, 0.15) is 0 Å². The number of carbonyl (C=O) groups excluding carboxylic acids is 1. The van der Waals surface area contributed by atoms with Crippen molar-refractivity contribution < 1.29 is 9.90 Å². The molecule has 4 rings (SSSR count). The molecule has 7 heteroatoms. The van der Waals surface area contributed by atoms with Gasteiger partial charge >= 0.3 is 176 Å². The first-order chi connectivity index (χ1) is 11.8. The standard InChI is InChI=1S/C18H13BrINO2SeSi/c1-25(2)15-7-9(22)3-4-11(15)21-12-5-6-13(23)16(17(12)25)14-8-10(20)18(19)24-14/h3-8,23H,1-2H3. The molecule has 0 radical (unpaired) electrons. The molecular weight excluding hydrogens is 576 g/mol. The average molecular weight is 589 g/mol. The molecule has 0 bridgehead atoms. The Morgan fingerprint density at radius 1 is 1.28 bits per heavy atom. The Hall–Kier alpha value is -0.734. The van der Waals surface area contributed by atoms with Gasteiger partial charge in [0, 0.05) is 0 Å². The summed E-state index contributed by atoms with van der Waals surface area (Å²) in [5.41, 5.74) is 2.73. The molecule has 0 unspecified atom stereocenters. The van der Waals surface area contributed by atoms with E-state index in [0.717, 1.165) is 31.8 Å². The van der Waals surface area contributed by atoms with E-state index in [1.165, 1.54) is 6.92 Å². The van der Waals surface area contributed by atoms with Crippen LogP contribution in [-0.4, -0.2) is 39.2 Å². The van der Waals surface area contributed by atoms with Gasteiger partial charge in [-0.2, -0.15) is 0 Å². The number of aliphatic imine (C=N–C) groups is 1. The molecule has 0 fully saturated rings. The Labute approximate surface area is 174 Å². The van der Waals surface area contributed by atoms with E-state index in [2.05, 4.69) is 57.7 Å². The van der Waals surface area contributed by atoms with Gasteiger partial charge in [-0.1, -0.05) is 0 Å².